The van der Waals surface area contributed by atoms with Crippen molar-refractivity contribution in [2.24, 2.45) is 5.41 Å². The molecule has 2 N–H and O–H groups in total. The monoisotopic (exact) mass is 285 g/mol. The van der Waals surface area contributed by atoms with Gasteiger partial charge < -0.3 is 10.6 Å². The van der Waals surface area contributed by atoms with Gasteiger partial charge in [0.1, 0.15) is 5.82 Å². The molecule has 2 rings (SSSR count). The van der Waals surface area contributed by atoms with E-state index < -0.39 is 0 Å². The molecule has 0 unspecified atom stereocenters. The first-order chi connectivity index (χ1) is 9.90. The van der Waals surface area contributed by atoms with E-state index in [2.05, 4.69) is 36.4 Å². The van der Waals surface area contributed by atoms with Gasteiger partial charge in [-0.1, -0.05) is 39.0 Å². The summed E-state index contributed by atoms with van der Waals surface area (Å²) >= 11 is 0. The quantitative estimate of drug-likeness (QED) is 0.904. The molecule has 1 amide bonds. The molecular formula is C17H23N3O. The van der Waals surface area contributed by atoms with Gasteiger partial charge >= 0.3 is 0 Å². The van der Waals surface area contributed by atoms with Gasteiger partial charge in [-0.25, -0.2) is 4.98 Å². The minimum atomic E-state index is -0.0531. The van der Waals surface area contributed by atoms with Crippen molar-refractivity contribution in [2.45, 2.75) is 27.7 Å². The zero-order valence-corrected chi connectivity index (χ0v) is 13.2. The summed E-state index contributed by atoms with van der Waals surface area (Å²) < 4.78 is 0. The van der Waals surface area contributed by atoms with Crippen molar-refractivity contribution in [3.05, 3.63) is 35.9 Å². The van der Waals surface area contributed by atoms with E-state index in [0.29, 0.717) is 12.1 Å². The highest BCUT2D eigenvalue weighted by molar-refractivity contribution is 6.06. The first kappa shape index (κ1) is 15.3. The molecule has 0 atom stereocenters. The second-order valence-corrected chi connectivity index (χ2v) is 6.35. The SMILES string of the molecule is CCNc1cc(C(=O)NCC(C)(C)C)c2ccccc2n1. The van der Waals surface area contributed by atoms with Gasteiger partial charge in [0.15, 0.2) is 0 Å². The number of pyridine rings is 1. The molecule has 0 fully saturated rings. The molecule has 1 heterocycles. The van der Waals surface area contributed by atoms with Crippen molar-refractivity contribution in [3.8, 4) is 0 Å². The lowest BCUT2D eigenvalue weighted by molar-refractivity contribution is 0.0941. The van der Waals surface area contributed by atoms with Crippen LogP contribution in [-0.2, 0) is 0 Å². The molecule has 4 heteroatoms. The van der Waals surface area contributed by atoms with Crippen LogP contribution in [0.4, 0.5) is 5.82 Å². The first-order valence-electron chi connectivity index (χ1n) is 7.32. The summed E-state index contributed by atoms with van der Waals surface area (Å²) in [5.41, 5.74) is 1.56. The highest BCUT2D eigenvalue weighted by Gasteiger charge is 2.16. The van der Waals surface area contributed by atoms with E-state index in [1.807, 2.05) is 37.3 Å². The third kappa shape index (κ3) is 3.94. The Balaban J connectivity index is 2.38. The van der Waals surface area contributed by atoms with E-state index in [1.54, 1.807) is 0 Å². The highest BCUT2D eigenvalue weighted by atomic mass is 16.1. The summed E-state index contributed by atoms with van der Waals surface area (Å²) in [6, 6.07) is 9.55. The van der Waals surface area contributed by atoms with Gasteiger partial charge in [-0.3, -0.25) is 4.79 Å². The van der Waals surface area contributed by atoms with Crippen molar-refractivity contribution in [1.82, 2.24) is 10.3 Å². The molecule has 0 spiro atoms. The second kappa shape index (κ2) is 6.12. The number of hydrogen-bond acceptors (Lipinski definition) is 3. The fraction of sp³-hybridized carbons (Fsp3) is 0.412. The van der Waals surface area contributed by atoms with Crippen LogP contribution in [0, 0.1) is 5.41 Å². The van der Waals surface area contributed by atoms with Crippen LogP contribution in [0.2, 0.25) is 0 Å². The van der Waals surface area contributed by atoms with Gasteiger partial charge in [0, 0.05) is 18.5 Å². The van der Waals surface area contributed by atoms with Crippen LogP contribution in [-0.4, -0.2) is 24.0 Å². The summed E-state index contributed by atoms with van der Waals surface area (Å²) in [5.74, 6) is 0.680. The lowest BCUT2D eigenvalue weighted by atomic mass is 9.96. The fourth-order valence-corrected chi connectivity index (χ4v) is 2.08. The summed E-state index contributed by atoms with van der Waals surface area (Å²) in [7, 11) is 0. The van der Waals surface area contributed by atoms with Gasteiger partial charge in [-0.05, 0) is 24.5 Å². The minimum Gasteiger partial charge on any atom is -0.370 e. The minimum absolute atomic E-state index is 0.0531. The van der Waals surface area contributed by atoms with E-state index in [9.17, 15) is 4.79 Å². The van der Waals surface area contributed by atoms with Crippen LogP contribution >= 0.6 is 0 Å². The number of fused-ring (bicyclic) bond motifs is 1. The standard InChI is InChI=1S/C17H23N3O/c1-5-18-15-10-13(16(21)19-11-17(2,3)4)12-8-6-7-9-14(12)20-15/h6-10H,5,11H2,1-4H3,(H,18,20)(H,19,21). The molecule has 21 heavy (non-hydrogen) atoms. The summed E-state index contributed by atoms with van der Waals surface area (Å²) in [6.45, 7) is 9.72. The molecule has 0 radical (unpaired) electrons. The molecule has 4 nitrogen and oxygen atoms in total. The Bertz CT molecular complexity index is 644. The third-order valence-electron chi connectivity index (χ3n) is 3.10. The molecule has 0 saturated carbocycles. The zero-order chi connectivity index (χ0) is 15.5. The Morgan fingerprint density at radius 3 is 2.62 bits per heavy atom. The van der Waals surface area contributed by atoms with Gasteiger partial charge in [-0.15, -0.1) is 0 Å². The van der Waals surface area contributed by atoms with Crippen molar-refractivity contribution >= 4 is 22.6 Å². The van der Waals surface area contributed by atoms with Crippen LogP contribution in [0.25, 0.3) is 10.9 Å². The predicted octanol–water partition coefficient (Wildman–Crippen LogP) is 3.44. The number of nitrogens with one attached hydrogen (secondary N) is 2. The van der Waals surface area contributed by atoms with Crippen molar-refractivity contribution in [1.29, 1.82) is 0 Å². The number of carbonyl (C=O) groups excluding carboxylic acids is 1. The molecule has 0 saturated heterocycles. The summed E-state index contributed by atoms with van der Waals surface area (Å²) in [5, 5.41) is 7.06. The van der Waals surface area contributed by atoms with Crippen LogP contribution in [0.15, 0.2) is 30.3 Å². The maximum Gasteiger partial charge on any atom is 0.252 e. The van der Waals surface area contributed by atoms with Crippen molar-refractivity contribution < 1.29 is 4.79 Å². The van der Waals surface area contributed by atoms with E-state index in [-0.39, 0.29) is 11.3 Å². The Kier molecular flexibility index (Phi) is 4.46. The number of para-hydroxylation sites is 1. The third-order valence-corrected chi connectivity index (χ3v) is 3.10. The molecule has 1 aromatic carbocycles. The number of anilines is 1. The average molecular weight is 285 g/mol. The predicted molar refractivity (Wildman–Crippen MR) is 87.7 cm³/mol. The van der Waals surface area contributed by atoms with E-state index in [4.69, 9.17) is 0 Å². The molecule has 0 aliphatic heterocycles. The normalized spacial score (nSPS) is 11.4. The van der Waals surface area contributed by atoms with E-state index in [0.717, 1.165) is 23.3 Å². The number of carbonyl (C=O) groups is 1. The molecule has 1 aromatic heterocycles. The summed E-state index contributed by atoms with van der Waals surface area (Å²) in [6.07, 6.45) is 0. The average Bonchev–Trinajstić information content (AvgIpc) is 2.43. The van der Waals surface area contributed by atoms with Gasteiger partial charge in [0.2, 0.25) is 0 Å². The zero-order valence-electron chi connectivity index (χ0n) is 13.2. The molecule has 2 aromatic rings. The van der Waals surface area contributed by atoms with Gasteiger partial charge in [0.05, 0.1) is 11.1 Å². The molecule has 0 bridgehead atoms. The fourth-order valence-electron chi connectivity index (χ4n) is 2.08. The first-order valence-corrected chi connectivity index (χ1v) is 7.32. The largest absolute Gasteiger partial charge is 0.370 e. The molecule has 0 aliphatic carbocycles. The number of benzene rings is 1. The van der Waals surface area contributed by atoms with Crippen LogP contribution in [0.1, 0.15) is 38.1 Å². The summed E-state index contributed by atoms with van der Waals surface area (Å²) in [4.78, 5) is 17.0. The Hall–Kier alpha value is -2.10. The van der Waals surface area contributed by atoms with Crippen molar-refractivity contribution in [3.63, 3.8) is 0 Å². The second-order valence-electron chi connectivity index (χ2n) is 6.35. The van der Waals surface area contributed by atoms with Gasteiger partial charge in [-0.2, -0.15) is 0 Å². The number of aromatic nitrogens is 1. The highest BCUT2D eigenvalue weighted by Crippen LogP contribution is 2.21. The smallest absolute Gasteiger partial charge is 0.252 e. The van der Waals surface area contributed by atoms with Crippen molar-refractivity contribution in [2.75, 3.05) is 18.4 Å². The van der Waals surface area contributed by atoms with E-state index in [1.165, 1.54) is 0 Å². The maximum atomic E-state index is 12.5. The Labute approximate surface area is 126 Å². The van der Waals surface area contributed by atoms with Crippen LogP contribution in [0.5, 0.6) is 0 Å². The Morgan fingerprint density at radius 2 is 1.95 bits per heavy atom. The van der Waals surface area contributed by atoms with Crippen LogP contribution in [0.3, 0.4) is 0 Å². The number of amides is 1. The van der Waals surface area contributed by atoms with Gasteiger partial charge in [0.25, 0.3) is 5.91 Å². The van der Waals surface area contributed by atoms with Crippen LogP contribution < -0.4 is 10.6 Å². The number of hydrogen-bond donors (Lipinski definition) is 2. The number of rotatable bonds is 4. The maximum absolute atomic E-state index is 12.5. The number of nitrogens with zero attached hydrogens (tertiary/aromatic N) is 1. The lowest BCUT2D eigenvalue weighted by Gasteiger charge is -2.19. The van der Waals surface area contributed by atoms with E-state index >= 15 is 0 Å². The Morgan fingerprint density at radius 1 is 1.24 bits per heavy atom. The molecule has 112 valence electrons. The molecule has 0 aliphatic rings. The topological polar surface area (TPSA) is 54.0 Å². The molecular weight excluding hydrogens is 262 g/mol. The lowest BCUT2D eigenvalue weighted by Crippen LogP contribution is -2.32.